The van der Waals surface area contributed by atoms with Crippen LogP contribution in [-0.4, -0.2) is 18.9 Å². The Kier molecular flexibility index (Phi) is 4.03. The van der Waals surface area contributed by atoms with Crippen LogP contribution in [-0.2, 0) is 11.2 Å². The lowest BCUT2D eigenvalue weighted by atomic mass is 9.78. The van der Waals surface area contributed by atoms with Crippen molar-refractivity contribution in [1.29, 1.82) is 0 Å². The first-order valence-electron chi connectivity index (χ1n) is 6.25. The minimum absolute atomic E-state index is 0.198. The maximum atomic E-state index is 12.9. The van der Waals surface area contributed by atoms with Crippen molar-refractivity contribution in [2.75, 3.05) is 13.1 Å². The Balaban J connectivity index is 2.15. The van der Waals surface area contributed by atoms with E-state index in [9.17, 15) is 9.18 Å². The van der Waals surface area contributed by atoms with Crippen LogP contribution in [0.2, 0.25) is 5.02 Å². The molecule has 0 bridgehead atoms. The number of hydrogen-bond donors (Lipinski definition) is 1. The first-order chi connectivity index (χ1) is 8.57. The fraction of sp³-hybridized carbons (Fsp3) is 0.500. The second-order valence-electron chi connectivity index (χ2n) is 4.90. The summed E-state index contributed by atoms with van der Waals surface area (Å²) in [5.41, 5.74) is 0.445. The number of carbonyl (C=O) groups is 1. The van der Waals surface area contributed by atoms with Crippen molar-refractivity contribution in [3.8, 4) is 0 Å². The number of Topliss-reactive ketones (excluding diaryl/α,β-unsaturated/α-hetero) is 1. The molecule has 1 aliphatic heterocycles. The molecule has 1 fully saturated rings. The van der Waals surface area contributed by atoms with Crippen LogP contribution < -0.4 is 5.32 Å². The Morgan fingerprint density at radius 1 is 1.56 bits per heavy atom. The molecule has 0 radical (unpaired) electrons. The molecule has 1 atom stereocenters. The number of ketones is 1. The number of hydrogen-bond acceptors (Lipinski definition) is 2. The number of carbonyl (C=O) groups excluding carboxylic acids is 1. The molecule has 2 rings (SSSR count). The van der Waals surface area contributed by atoms with Gasteiger partial charge < -0.3 is 5.32 Å². The average Bonchev–Trinajstić information content (AvgIpc) is 2.82. The molecule has 0 spiro atoms. The first kappa shape index (κ1) is 13.5. The number of halogens is 2. The van der Waals surface area contributed by atoms with Gasteiger partial charge in [0.1, 0.15) is 11.6 Å². The second kappa shape index (κ2) is 5.37. The predicted octanol–water partition coefficient (Wildman–Crippen LogP) is 2.98. The van der Waals surface area contributed by atoms with Gasteiger partial charge in [-0.05, 0) is 37.1 Å². The Morgan fingerprint density at radius 3 is 2.89 bits per heavy atom. The van der Waals surface area contributed by atoms with Crippen LogP contribution in [0.15, 0.2) is 18.2 Å². The van der Waals surface area contributed by atoms with E-state index in [0.717, 1.165) is 25.9 Å². The summed E-state index contributed by atoms with van der Waals surface area (Å²) < 4.78 is 12.9. The van der Waals surface area contributed by atoms with Crippen LogP contribution in [0.4, 0.5) is 4.39 Å². The Labute approximate surface area is 112 Å². The van der Waals surface area contributed by atoms with Gasteiger partial charge in [-0.1, -0.05) is 24.6 Å². The van der Waals surface area contributed by atoms with Crippen molar-refractivity contribution >= 4 is 17.4 Å². The monoisotopic (exact) mass is 269 g/mol. The molecule has 1 unspecified atom stereocenters. The van der Waals surface area contributed by atoms with Gasteiger partial charge in [-0.3, -0.25) is 4.79 Å². The summed E-state index contributed by atoms with van der Waals surface area (Å²) in [6.07, 6.45) is 1.99. The highest BCUT2D eigenvalue weighted by atomic mass is 35.5. The van der Waals surface area contributed by atoms with E-state index in [0.29, 0.717) is 10.6 Å². The van der Waals surface area contributed by atoms with Gasteiger partial charge in [-0.25, -0.2) is 4.39 Å². The molecule has 1 aliphatic rings. The Bertz CT molecular complexity index is 455. The van der Waals surface area contributed by atoms with E-state index in [1.165, 1.54) is 12.1 Å². The van der Waals surface area contributed by atoms with Crippen LogP contribution in [0.3, 0.4) is 0 Å². The van der Waals surface area contributed by atoms with E-state index in [4.69, 9.17) is 11.6 Å². The van der Waals surface area contributed by atoms with E-state index in [1.54, 1.807) is 6.07 Å². The fourth-order valence-electron chi connectivity index (χ4n) is 2.51. The molecule has 98 valence electrons. The number of benzene rings is 1. The Hall–Kier alpha value is -0.930. The molecular formula is C14H17ClFNO. The van der Waals surface area contributed by atoms with Crippen molar-refractivity contribution in [1.82, 2.24) is 5.32 Å². The van der Waals surface area contributed by atoms with Crippen LogP contribution in [0.1, 0.15) is 25.3 Å². The molecule has 1 aromatic rings. The van der Waals surface area contributed by atoms with Crippen molar-refractivity contribution in [2.24, 2.45) is 5.41 Å². The van der Waals surface area contributed by atoms with E-state index in [1.807, 2.05) is 6.92 Å². The highest BCUT2D eigenvalue weighted by Crippen LogP contribution is 2.32. The molecule has 0 saturated carbocycles. The molecule has 4 heteroatoms. The molecule has 0 amide bonds. The van der Waals surface area contributed by atoms with Crippen molar-refractivity contribution < 1.29 is 9.18 Å². The summed E-state index contributed by atoms with van der Waals surface area (Å²) in [6, 6.07) is 4.21. The summed E-state index contributed by atoms with van der Waals surface area (Å²) >= 11 is 5.96. The predicted molar refractivity (Wildman–Crippen MR) is 70.3 cm³/mol. The first-order valence-corrected chi connectivity index (χ1v) is 6.63. The van der Waals surface area contributed by atoms with E-state index >= 15 is 0 Å². The van der Waals surface area contributed by atoms with Gasteiger partial charge >= 0.3 is 0 Å². The molecule has 18 heavy (non-hydrogen) atoms. The molecule has 1 aromatic carbocycles. The van der Waals surface area contributed by atoms with Gasteiger partial charge in [0.2, 0.25) is 0 Å². The van der Waals surface area contributed by atoms with Crippen LogP contribution in [0.5, 0.6) is 0 Å². The summed E-state index contributed by atoms with van der Waals surface area (Å²) in [4.78, 5) is 12.4. The maximum Gasteiger partial charge on any atom is 0.144 e. The third kappa shape index (κ3) is 2.57. The molecule has 1 N–H and O–H groups in total. The van der Waals surface area contributed by atoms with E-state index in [-0.39, 0.29) is 23.4 Å². The SMILES string of the molecule is CCC1(C(=O)Cc2ccc(F)cc2Cl)CCNC1. The quantitative estimate of drug-likeness (QED) is 0.910. The smallest absolute Gasteiger partial charge is 0.144 e. The molecule has 2 nitrogen and oxygen atoms in total. The number of rotatable bonds is 4. The average molecular weight is 270 g/mol. The summed E-state index contributed by atoms with van der Waals surface area (Å²) in [7, 11) is 0. The lowest BCUT2D eigenvalue weighted by Gasteiger charge is -2.25. The molecule has 1 saturated heterocycles. The third-order valence-corrected chi connectivity index (χ3v) is 4.23. The standard InChI is InChI=1S/C14H17ClFNO/c1-2-14(5-6-17-9-14)13(18)7-10-3-4-11(16)8-12(10)15/h3-4,8,17H,2,5-7,9H2,1H3. The van der Waals surface area contributed by atoms with Crippen molar-refractivity contribution in [3.05, 3.63) is 34.6 Å². The van der Waals surface area contributed by atoms with Gasteiger partial charge in [0, 0.05) is 23.4 Å². The van der Waals surface area contributed by atoms with Crippen molar-refractivity contribution in [2.45, 2.75) is 26.2 Å². The highest BCUT2D eigenvalue weighted by molar-refractivity contribution is 6.31. The zero-order valence-electron chi connectivity index (χ0n) is 10.4. The molecular weight excluding hydrogens is 253 g/mol. The van der Waals surface area contributed by atoms with Crippen LogP contribution in [0, 0.1) is 11.2 Å². The largest absolute Gasteiger partial charge is 0.316 e. The normalized spacial score (nSPS) is 23.3. The third-order valence-electron chi connectivity index (χ3n) is 3.88. The summed E-state index contributed by atoms with van der Waals surface area (Å²) in [5, 5.41) is 3.57. The van der Waals surface area contributed by atoms with Gasteiger partial charge in [0.25, 0.3) is 0 Å². The van der Waals surface area contributed by atoms with Gasteiger partial charge in [0.05, 0.1) is 0 Å². The van der Waals surface area contributed by atoms with Gasteiger partial charge in [0.15, 0.2) is 0 Å². The van der Waals surface area contributed by atoms with Crippen molar-refractivity contribution in [3.63, 3.8) is 0 Å². The summed E-state index contributed by atoms with van der Waals surface area (Å²) in [5.74, 6) is -0.174. The van der Waals surface area contributed by atoms with Gasteiger partial charge in [-0.2, -0.15) is 0 Å². The van der Waals surface area contributed by atoms with E-state index < -0.39 is 0 Å². The summed E-state index contributed by atoms with van der Waals surface area (Å²) in [6.45, 7) is 3.66. The highest BCUT2D eigenvalue weighted by Gasteiger charge is 2.38. The van der Waals surface area contributed by atoms with Gasteiger partial charge in [-0.15, -0.1) is 0 Å². The zero-order valence-corrected chi connectivity index (χ0v) is 11.2. The minimum Gasteiger partial charge on any atom is -0.316 e. The molecule has 0 aromatic heterocycles. The molecule has 0 aliphatic carbocycles. The number of nitrogens with one attached hydrogen (secondary N) is 1. The lowest BCUT2D eigenvalue weighted by molar-refractivity contribution is -0.127. The topological polar surface area (TPSA) is 29.1 Å². The van der Waals surface area contributed by atoms with Crippen LogP contribution in [0.25, 0.3) is 0 Å². The Morgan fingerprint density at radius 2 is 2.33 bits per heavy atom. The molecule has 1 heterocycles. The van der Waals surface area contributed by atoms with Crippen LogP contribution >= 0.6 is 11.6 Å². The maximum absolute atomic E-state index is 12.9. The minimum atomic E-state index is -0.371. The zero-order chi connectivity index (χ0) is 13.2. The fourth-order valence-corrected chi connectivity index (χ4v) is 2.74. The lowest BCUT2D eigenvalue weighted by Crippen LogP contribution is -2.34. The van der Waals surface area contributed by atoms with E-state index in [2.05, 4.69) is 5.32 Å². The second-order valence-corrected chi connectivity index (χ2v) is 5.30.